The summed E-state index contributed by atoms with van der Waals surface area (Å²) in [7, 11) is 1.66. The van der Waals surface area contributed by atoms with Crippen molar-refractivity contribution in [3.63, 3.8) is 0 Å². The van der Waals surface area contributed by atoms with Crippen LogP contribution in [0.5, 0.6) is 5.75 Å². The molecular formula is C15H14Cl2O. The van der Waals surface area contributed by atoms with Gasteiger partial charge in [-0.05, 0) is 35.7 Å². The van der Waals surface area contributed by atoms with Crippen molar-refractivity contribution < 1.29 is 4.74 Å². The van der Waals surface area contributed by atoms with Crippen LogP contribution in [0.25, 0.3) is 0 Å². The van der Waals surface area contributed by atoms with Crippen molar-refractivity contribution in [3.05, 3.63) is 64.7 Å². The first-order valence-electron chi connectivity index (χ1n) is 5.72. The Morgan fingerprint density at radius 1 is 1.06 bits per heavy atom. The summed E-state index contributed by atoms with van der Waals surface area (Å²) >= 11 is 12.5. The summed E-state index contributed by atoms with van der Waals surface area (Å²) in [6, 6.07) is 15.6. The highest BCUT2D eigenvalue weighted by molar-refractivity contribution is 6.32. The van der Waals surface area contributed by atoms with Gasteiger partial charge in [0.15, 0.2) is 0 Å². The van der Waals surface area contributed by atoms with E-state index in [4.69, 9.17) is 27.9 Å². The Morgan fingerprint density at radius 2 is 1.72 bits per heavy atom. The number of hydrogen-bond donors (Lipinski definition) is 0. The van der Waals surface area contributed by atoms with Gasteiger partial charge >= 0.3 is 0 Å². The minimum Gasteiger partial charge on any atom is -0.497 e. The number of rotatable bonds is 4. The van der Waals surface area contributed by atoms with Crippen molar-refractivity contribution in [1.82, 2.24) is 0 Å². The summed E-state index contributed by atoms with van der Waals surface area (Å²) in [6.07, 6.45) is 0.745. The zero-order valence-corrected chi connectivity index (χ0v) is 11.6. The van der Waals surface area contributed by atoms with Gasteiger partial charge in [0.2, 0.25) is 0 Å². The van der Waals surface area contributed by atoms with E-state index in [1.807, 2.05) is 48.5 Å². The molecule has 0 saturated heterocycles. The molecule has 3 heteroatoms. The third-order valence-electron chi connectivity index (χ3n) is 2.82. The van der Waals surface area contributed by atoms with Crippen LogP contribution in [-0.4, -0.2) is 7.11 Å². The lowest BCUT2D eigenvalue weighted by Crippen LogP contribution is -1.96. The summed E-state index contributed by atoms with van der Waals surface area (Å²) in [5.41, 5.74) is 2.13. The Balaban J connectivity index is 2.11. The number of alkyl halides is 1. The van der Waals surface area contributed by atoms with Gasteiger partial charge in [-0.3, -0.25) is 0 Å². The smallest absolute Gasteiger partial charge is 0.118 e. The van der Waals surface area contributed by atoms with Crippen LogP contribution in [0, 0.1) is 0 Å². The Hall–Kier alpha value is -1.18. The minimum absolute atomic E-state index is 0.118. The van der Waals surface area contributed by atoms with E-state index < -0.39 is 0 Å². The zero-order chi connectivity index (χ0) is 13.0. The second-order valence-corrected chi connectivity index (χ2v) is 4.98. The lowest BCUT2D eigenvalue weighted by atomic mass is 10.0. The molecule has 0 bridgehead atoms. The normalized spacial score (nSPS) is 12.2. The first kappa shape index (κ1) is 13.3. The Morgan fingerprint density at radius 3 is 2.33 bits per heavy atom. The molecule has 18 heavy (non-hydrogen) atoms. The molecule has 0 fully saturated rings. The van der Waals surface area contributed by atoms with E-state index in [1.54, 1.807) is 7.11 Å². The van der Waals surface area contributed by atoms with Gasteiger partial charge in [-0.2, -0.15) is 0 Å². The molecule has 1 atom stereocenters. The molecule has 1 nitrogen and oxygen atoms in total. The number of halogens is 2. The quantitative estimate of drug-likeness (QED) is 0.726. The van der Waals surface area contributed by atoms with Gasteiger partial charge in [-0.15, -0.1) is 11.6 Å². The van der Waals surface area contributed by atoms with E-state index in [2.05, 4.69) is 0 Å². The monoisotopic (exact) mass is 280 g/mol. The topological polar surface area (TPSA) is 9.23 Å². The van der Waals surface area contributed by atoms with E-state index in [0.29, 0.717) is 5.02 Å². The maximum Gasteiger partial charge on any atom is 0.118 e. The molecule has 0 aromatic heterocycles. The van der Waals surface area contributed by atoms with Crippen molar-refractivity contribution in [1.29, 1.82) is 0 Å². The van der Waals surface area contributed by atoms with Gasteiger partial charge in [-0.1, -0.05) is 41.9 Å². The summed E-state index contributed by atoms with van der Waals surface area (Å²) in [4.78, 5) is 0. The zero-order valence-electron chi connectivity index (χ0n) is 10.1. The molecule has 1 unspecified atom stereocenters. The van der Waals surface area contributed by atoms with Crippen molar-refractivity contribution in [2.24, 2.45) is 0 Å². The van der Waals surface area contributed by atoms with Gasteiger partial charge in [-0.25, -0.2) is 0 Å². The largest absolute Gasteiger partial charge is 0.497 e. The molecule has 0 radical (unpaired) electrons. The Labute approximate surface area is 117 Å². The highest BCUT2D eigenvalue weighted by atomic mass is 35.5. The van der Waals surface area contributed by atoms with Gasteiger partial charge in [0.05, 0.1) is 12.5 Å². The molecule has 0 N–H and O–H groups in total. The average Bonchev–Trinajstić information content (AvgIpc) is 2.40. The van der Waals surface area contributed by atoms with Crippen LogP contribution >= 0.6 is 23.2 Å². The molecule has 0 heterocycles. The van der Waals surface area contributed by atoms with E-state index in [0.717, 1.165) is 23.3 Å². The molecule has 2 aromatic rings. The van der Waals surface area contributed by atoms with Crippen molar-refractivity contribution in [2.75, 3.05) is 7.11 Å². The summed E-state index contributed by atoms with van der Waals surface area (Å²) in [6.45, 7) is 0. The second kappa shape index (κ2) is 6.12. The predicted molar refractivity (Wildman–Crippen MR) is 76.7 cm³/mol. The fraction of sp³-hybridized carbons (Fsp3) is 0.200. The molecule has 0 saturated carbocycles. The van der Waals surface area contributed by atoms with Crippen LogP contribution in [0.4, 0.5) is 0 Å². The van der Waals surface area contributed by atoms with E-state index >= 15 is 0 Å². The molecule has 2 rings (SSSR count). The Kier molecular flexibility index (Phi) is 4.51. The molecule has 0 spiro atoms. The minimum atomic E-state index is -0.118. The van der Waals surface area contributed by atoms with Gasteiger partial charge in [0.25, 0.3) is 0 Å². The Bertz CT molecular complexity index is 508. The number of methoxy groups -OCH3 is 1. The van der Waals surface area contributed by atoms with Crippen molar-refractivity contribution in [3.8, 4) is 5.75 Å². The molecule has 0 amide bonds. The lowest BCUT2D eigenvalue weighted by Gasteiger charge is -2.12. The number of benzene rings is 2. The van der Waals surface area contributed by atoms with Crippen LogP contribution in [0.1, 0.15) is 16.5 Å². The van der Waals surface area contributed by atoms with Gasteiger partial charge < -0.3 is 4.74 Å². The van der Waals surface area contributed by atoms with Crippen LogP contribution in [0.15, 0.2) is 48.5 Å². The molecule has 0 aliphatic carbocycles. The molecule has 2 aromatic carbocycles. The van der Waals surface area contributed by atoms with E-state index in [1.165, 1.54) is 0 Å². The first-order chi connectivity index (χ1) is 8.70. The highest BCUT2D eigenvalue weighted by Crippen LogP contribution is 2.30. The molecule has 0 aliphatic heterocycles. The van der Waals surface area contributed by atoms with Crippen LogP contribution in [0.3, 0.4) is 0 Å². The van der Waals surface area contributed by atoms with E-state index in [9.17, 15) is 0 Å². The third kappa shape index (κ3) is 3.18. The maximum atomic E-state index is 6.40. The molecule has 0 aliphatic rings. The van der Waals surface area contributed by atoms with Crippen molar-refractivity contribution in [2.45, 2.75) is 11.8 Å². The number of ether oxygens (including phenoxy) is 1. The van der Waals surface area contributed by atoms with Crippen LogP contribution in [-0.2, 0) is 6.42 Å². The maximum absolute atomic E-state index is 6.40. The first-order valence-corrected chi connectivity index (χ1v) is 6.53. The van der Waals surface area contributed by atoms with Crippen molar-refractivity contribution >= 4 is 23.2 Å². The SMILES string of the molecule is COc1ccc(CC(Cl)c2ccccc2Cl)cc1. The average molecular weight is 281 g/mol. The summed E-state index contributed by atoms with van der Waals surface area (Å²) in [5, 5.41) is 0.595. The number of hydrogen-bond acceptors (Lipinski definition) is 1. The summed E-state index contributed by atoms with van der Waals surface area (Å²) in [5.74, 6) is 0.850. The standard InChI is InChI=1S/C15H14Cl2O/c1-18-12-8-6-11(7-9-12)10-15(17)13-4-2-3-5-14(13)16/h2-9,15H,10H2,1H3. The lowest BCUT2D eigenvalue weighted by molar-refractivity contribution is 0.414. The van der Waals surface area contributed by atoms with Crippen LogP contribution < -0.4 is 4.74 Å². The second-order valence-electron chi connectivity index (χ2n) is 4.04. The summed E-state index contributed by atoms with van der Waals surface area (Å²) < 4.78 is 5.12. The van der Waals surface area contributed by atoms with Gasteiger partial charge in [0.1, 0.15) is 5.75 Å². The van der Waals surface area contributed by atoms with Crippen LogP contribution in [0.2, 0.25) is 5.02 Å². The van der Waals surface area contributed by atoms with E-state index in [-0.39, 0.29) is 5.38 Å². The highest BCUT2D eigenvalue weighted by Gasteiger charge is 2.12. The fourth-order valence-corrected chi connectivity index (χ4v) is 2.50. The van der Waals surface area contributed by atoms with Gasteiger partial charge in [0, 0.05) is 5.02 Å². The fourth-order valence-electron chi connectivity index (χ4n) is 1.81. The molecular weight excluding hydrogens is 267 g/mol. The third-order valence-corrected chi connectivity index (χ3v) is 3.55. The predicted octanol–water partition coefficient (Wildman–Crippen LogP) is 4.87. The molecule has 94 valence electrons.